The normalized spacial score (nSPS) is 15.0. The zero-order chi connectivity index (χ0) is 15.8. The summed E-state index contributed by atoms with van der Waals surface area (Å²) in [5.41, 5.74) is 1.30. The Bertz CT molecular complexity index is 501. The van der Waals surface area contributed by atoms with E-state index >= 15 is 0 Å². The van der Waals surface area contributed by atoms with Gasteiger partial charge in [-0.05, 0) is 55.5 Å². The summed E-state index contributed by atoms with van der Waals surface area (Å²) in [6.45, 7) is 2.07. The zero-order valence-electron chi connectivity index (χ0n) is 12.6. The predicted octanol–water partition coefficient (Wildman–Crippen LogP) is 3.27. The Morgan fingerprint density at radius 1 is 1.14 bits per heavy atom. The van der Waals surface area contributed by atoms with Crippen molar-refractivity contribution in [2.24, 2.45) is 0 Å². The third kappa shape index (κ3) is 5.48. The van der Waals surface area contributed by atoms with Crippen LogP contribution < -0.4 is 16.0 Å². The molecular formula is C15H21N3O3S. The highest BCUT2D eigenvalue weighted by atomic mass is 32.2. The second-order valence-electron chi connectivity index (χ2n) is 4.91. The van der Waals surface area contributed by atoms with Crippen molar-refractivity contribution in [3.05, 3.63) is 24.3 Å². The van der Waals surface area contributed by atoms with Crippen molar-refractivity contribution in [3.63, 3.8) is 0 Å². The fraction of sp³-hybridized carbons (Fsp3) is 0.467. The van der Waals surface area contributed by atoms with Gasteiger partial charge in [0.15, 0.2) is 0 Å². The molecule has 0 saturated carbocycles. The number of benzene rings is 1. The fourth-order valence-electron chi connectivity index (χ4n) is 2.12. The number of amides is 3. The third-order valence-corrected chi connectivity index (χ3v) is 4.27. The number of nitrogens with one attached hydrogen (secondary N) is 3. The van der Waals surface area contributed by atoms with E-state index in [-0.39, 0.29) is 12.1 Å². The number of thioether (sulfide) groups is 1. The van der Waals surface area contributed by atoms with Crippen molar-refractivity contribution in [3.8, 4) is 0 Å². The molecule has 0 aliphatic carbocycles. The van der Waals surface area contributed by atoms with Crippen molar-refractivity contribution in [2.75, 3.05) is 28.7 Å². The molecule has 3 N–H and O–H groups in total. The van der Waals surface area contributed by atoms with Crippen LogP contribution in [0.25, 0.3) is 0 Å². The highest BCUT2D eigenvalue weighted by molar-refractivity contribution is 7.99. The summed E-state index contributed by atoms with van der Waals surface area (Å²) in [6, 6.07) is 6.96. The van der Waals surface area contributed by atoms with E-state index < -0.39 is 6.09 Å². The number of anilines is 2. The van der Waals surface area contributed by atoms with E-state index in [0.717, 1.165) is 24.3 Å². The van der Waals surface area contributed by atoms with Crippen LogP contribution >= 0.6 is 11.8 Å². The van der Waals surface area contributed by atoms with Crippen molar-refractivity contribution in [1.29, 1.82) is 0 Å². The molecule has 6 nitrogen and oxygen atoms in total. The van der Waals surface area contributed by atoms with E-state index in [1.807, 2.05) is 11.8 Å². The van der Waals surface area contributed by atoms with E-state index in [0.29, 0.717) is 18.0 Å². The second kappa shape index (κ2) is 8.53. The summed E-state index contributed by atoms with van der Waals surface area (Å²) >= 11 is 1.92. The quantitative estimate of drug-likeness (QED) is 0.794. The Balaban J connectivity index is 1.80. The van der Waals surface area contributed by atoms with E-state index in [1.54, 1.807) is 31.2 Å². The van der Waals surface area contributed by atoms with Gasteiger partial charge in [-0.25, -0.2) is 9.59 Å². The maximum atomic E-state index is 11.9. The van der Waals surface area contributed by atoms with Crippen molar-refractivity contribution >= 4 is 35.3 Å². The highest BCUT2D eigenvalue weighted by Gasteiger charge is 2.15. The van der Waals surface area contributed by atoms with Crippen LogP contribution in [0.4, 0.5) is 21.0 Å². The predicted molar refractivity (Wildman–Crippen MR) is 89.6 cm³/mol. The lowest BCUT2D eigenvalue weighted by molar-refractivity contribution is 0.168. The molecular weight excluding hydrogens is 302 g/mol. The van der Waals surface area contributed by atoms with Crippen molar-refractivity contribution in [1.82, 2.24) is 5.32 Å². The summed E-state index contributed by atoms with van der Waals surface area (Å²) in [5, 5.41) is 8.37. The van der Waals surface area contributed by atoms with Crippen LogP contribution in [0.3, 0.4) is 0 Å². The molecule has 0 unspecified atom stereocenters. The SMILES string of the molecule is CCOC(=O)Nc1ccc(NC(=O)NC2CCSCC2)cc1. The minimum absolute atomic E-state index is 0.192. The first-order chi connectivity index (χ1) is 10.7. The lowest BCUT2D eigenvalue weighted by Gasteiger charge is -2.22. The molecule has 0 spiro atoms. The molecule has 3 amide bonds. The van der Waals surface area contributed by atoms with E-state index in [1.165, 1.54) is 0 Å². The first kappa shape index (κ1) is 16.5. The van der Waals surface area contributed by atoms with Gasteiger partial charge in [0.2, 0.25) is 0 Å². The van der Waals surface area contributed by atoms with E-state index in [9.17, 15) is 9.59 Å². The standard InChI is InChI=1S/C15H21N3O3S/c1-2-21-15(20)18-12-5-3-11(4-6-12)16-14(19)17-13-7-9-22-10-8-13/h3-6,13H,2,7-10H2,1H3,(H,18,20)(H2,16,17,19). The molecule has 0 atom stereocenters. The summed E-state index contributed by atoms with van der Waals surface area (Å²) in [5.74, 6) is 2.19. The number of carbonyl (C=O) groups excluding carboxylic acids is 2. The number of rotatable bonds is 4. The fourth-order valence-corrected chi connectivity index (χ4v) is 3.22. The molecule has 0 bridgehead atoms. The number of carbonyl (C=O) groups is 2. The van der Waals surface area contributed by atoms with Gasteiger partial charge in [-0.15, -0.1) is 0 Å². The average Bonchev–Trinajstić information content (AvgIpc) is 2.50. The summed E-state index contributed by atoms with van der Waals surface area (Å²) in [4.78, 5) is 23.2. The topological polar surface area (TPSA) is 79.5 Å². The Labute approximate surface area is 134 Å². The smallest absolute Gasteiger partial charge is 0.411 e. The maximum Gasteiger partial charge on any atom is 0.411 e. The molecule has 0 radical (unpaired) electrons. The Kier molecular flexibility index (Phi) is 6.39. The van der Waals surface area contributed by atoms with Gasteiger partial charge in [0.05, 0.1) is 6.61 Å². The van der Waals surface area contributed by atoms with Gasteiger partial charge in [-0.1, -0.05) is 0 Å². The van der Waals surface area contributed by atoms with Gasteiger partial charge in [0, 0.05) is 17.4 Å². The van der Waals surface area contributed by atoms with Crippen molar-refractivity contribution < 1.29 is 14.3 Å². The van der Waals surface area contributed by atoms with Gasteiger partial charge >= 0.3 is 12.1 Å². The molecule has 1 aromatic carbocycles. The molecule has 7 heteroatoms. The second-order valence-corrected chi connectivity index (χ2v) is 6.13. The lowest BCUT2D eigenvalue weighted by Crippen LogP contribution is -2.39. The number of urea groups is 1. The third-order valence-electron chi connectivity index (χ3n) is 3.22. The molecule has 0 aromatic heterocycles. The first-order valence-corrected chi connectivity index (χ1v) is 8.52. The Morgan fingerprint density at radius 3 is 2.32 bits per heavy atom. The highest BCUT2D eigenvalue weighted by Crippen LogP contribution is 2.17. The molecule has 120 valence electrons. The van der Waals surface area contributed by atoms with Gasteiger partial charge in [-0.3, -0.25) is 5.32 Å². The minimum atomic E-state index is -0.490. The van der Waals surface area contributed by atoms with Gasteiger partial charge < -0.3 is 15.4 Å². The first-order valence-electron chi connectivity index (χ1n) is 7.36. The molecule has 1 heterocycles. The Hall–Kier alpha value is -1.89. The van der Waals surface area contributed by atoms with Crippen LogP contribution in [0, 0.1) is 0 Å². The molecule has 1 aliphatic heterocycles. The summed E-state index contributed by atoms with van der Waals surface area (Å²) < 4.78 is 4.79. The monoisotopic (exact) mass is 323 g/mol. The van der Waals surface area contributed by atoms with E-state index in [2.05, 4.69) is 16.0 Å². The minimum Gasteiger partial charge on any atom is -0.450 e. The molecule has 1 saturated heterocycles. The Morgan fingerprint density at radius 2 is 1.73 bits per heavy atom. The van der Waals surface area contributed by atoms with Crippen LogP contribution in [-0.2, 0) is 4.74 Å². The largest absolute Gasteiger partial charge is 0.450 e. The molecule has 1 aliphatic rings. The van der Waals surface area contributed by atoms with Crippen molar-refractivity contribution in [2.45, 2.75) is 25.8 Å². The number of ether oxygens (including phenoxy) is 1. The maximum absolute atomic E-state index is 11.9. The van der Waals surface area contributed by atoms with Crippen LogP contribution in [-0.4, -0.2) is 36.3 Å². The lowest BCUT2D eigenvalue weighted by atomic mass is 10.2. The summed E-state index contributed by atoms with van der Waals surface area (Å²) in [6.07, 6.45) is 1.54. The molecule has 2 rings (SSSR count). The van der Waals surface area contributed by atoms with Crippen LogP contribution in [0.5, 0.6) is 0 Å². The molecule has 1 fully saturated rings. The van der Waals surface area contributed by atoms with Crippen LogP contribution in [0.1, 0.15) is 19.8 Å². The van der Waals surface area contributed by atoms with Gasteiger partial charge in [0.25, 0.3) is 0 Å². The molecule has 22 heavy (non-hydrogen) atoms. The van der Waals surface area contributed by atoms with Crippen LogP contribution in [0.2, 0.25) is 0 Å². The van der Waals surface area contributed by atoms with Gasteiger partial charge in [-0.2, -0.15) is 11.8 Å². The zero-order valence-corrected chi connectivity index (χ0v) is 13.4. The number of hydrogen-bond donors (Lipinski definition) is 3. The van der Waals surface area contributed by atoms with E-state index in [4.69, 9.17) is 4.74 Å². The molecule has 1 aromatic rings. The number of hydrogen-bond acceptors (Lipinski definition) is 4. The van der Waals surface area contributed by atoms with Gasteiger partial charge in [0.1, 0.15) is 0 Å². The van der Waals surface area contributed by atoms with Crippen LogP contribution in [0.15, 0.2) is 24.3 Å². The summed E-state index contributed by atoms with van der Waals surface area (Å²) in [7, 11) is 0. The average molecular weight is 323 g/mol.